The molecule has 2 aliphatic rings. The summed E-state index contributed by atoms with van der Waals surface area (Å²) in [5, 5.41) is 9.41. The van der Waals surface area contributed by atoms with E-state index in [1.165, 1.54) is 4.90 Å². The third kappa shape index (κ3) is 2.86. The Bertz CT molecular complexity index is 579. The second-order valence-corrected chi connectivity index (χ2v) is 7.08. The molecular formula is C15H19BrN2O3. The Morgan fingerprint density at radius 2 is 2.05 bits per heavy atom. The van der Waals surface area contributed by atoms with Crippen LogP contribution in [0.15, 0.2) is 16.7 Å². The van der Waals surface area contributed by atoms with E-state index in [9.17, 15) is 14.7 Å². The molecule has 2 unspecified atom stereocenters. The number of aliphatic carboxylic acids is 1. The number of nitrogens with zero attached hydrogens (tertiary/aromatic N) is 2. The number of carboxylic acid groups (broad SMARTS) is 1. The van der Waals surface area contributed by atoms with Gasteiger partial charge in [0.25, 0.3) is 5.91 Å². The number of carbonyl (C=O) groups excluding carboxylic acids is 1. The minimum absolute atomic E-state index is 0.160. The van der Waals surface area contributed by atoms with Crippen molar-refractivity contribution >= 4 is 27.8 Å². The van der Waals surface area contributed by atoms with Crippen LogP contribution >= 0.6 is 15.9 Å². The first-order valence-electron chi connectivity index (χ1n) is 7.38. The van der Waals surface area contributed by atoms with Crippen LogP contribution in [0.25, 0.3) is 0 Å². The van der Waals surface area contributed by atoms with Crippen molar-refractivity contribution in [2.75, 3.05) is 6.54 Å². The molecule has 2 fully saturated rings. The summed E-state index contributed by atoms with van der Waals surface area (Å²) in [5.41, 5.74) is 0.602. The maximum absolute atomic E-state index is 12.8. The zero-order valence-corrected chi connectivity index (χ0v) is 13.5. The maximum atomic E-state index is 12.8. The Labute approximate surface area is 132 Å². The van der Waals surface area contributed by atoms with E-state index in [4.69, 9.17) is 0 Å². The Balaban J connectivity index is 1.88. The molecule has 1 aromatic heterocycles. The molecule has 2 atom stereocenters. The first-order valence-corrected chi connectivity index (χ1v) is 8.18. The van der Waals surface area contributed by atoms with Crippen LogP contribution in [0.1, 0.15) is 49.1 Å². The van der Waals surface area contributed by atoms with Crippen LogP contribution < -0.4 is 0 Å². The lowest BCUT2D eigenvalue weighted by Crippen LogP contribution is -2.50. The number of aromatic nitrogens is 1. The molecule has 0 bridgehead atoms. The highest BCUT2D eigenvalue weighted by Gasteiger charge is 2.37. The van der Waals surface area contributed by atoms with E-state index in [2.05, 4.69) is 15.9 Å². The molecule has 5 nitrogen and oxygen atoms in total. The molecule has 0 radical (unpaired) electrons. The van der Waals surface area contributed by atoms with E-state index in [1.807, 2.05) is 17.7 Å². The lowest BCUT2D eigenvalue weighted by atomic mass is 9.92. The quantitative estimate of drug-likeness (QED) is 0.907. The van der Waals surface area contributed by atoms with Crippen LogP contribution in [0.2, 0.25) is 0 Å². The SMILES string of the molecule is CC1CCN(C(=O)c2cc(Br)cn2C2CC2)C(C(=O)O)C1. The first kappa shape index (κ1) is 14.6. The average molecular weight is 355 g/mol. The highest BCUT2D eigenvalue weighted by molar-refractivity contribution is 9.10. The van der Waals surface area contributed by atoms with Crippen molar-refractivity contribution in [1.82, 2.24) is 9.47 Å². The summed E-state index contributed by atoms with van der Waals surface area (Å²) in [4.78, 5) is 25.8. The van der Waals surface area contributed by atoms with E-state index in [1.54, 1.807) is 6.07 Å². The van der Waals surface area contributed by atoms with Crippen LogP contribution in [-0.2, 0) is 4.79 Å². The molecule has 21 heavy (non-hydrogen) atoms. The Morgan fingerprint density at radius 3 is 2.67 bits per heavy atom. The van der Waals surface area contributed by atoms with Crippen LogP contribution in [0.3, 0.4) is 0 Å². The van der Waals surface area contributed by atoms with Gasteiger partial charge in [0.15, 0.2) is 0 Å². The van der Waals surface area contributed by atoms with Crippen molar-refractivity contribution in [2.24, 2.45) is 5.92 Å². The molecule has 2 heterocycles. The van der Waals surface area contributed by atoms with Crippen LogP contribution in [0, 0.1) is 5.92 Å². The zero-order chi connectivity index (χ0) is 15.1. The van der Waals surface area contributed by atoms with Gasteiger partial charge in [0.05, 0.1) is 0 Å². The highest BCUT2D eigenvalue weighted by atomic mass is 79.9. The predicted molar refractivity (Wildman–Crippen MR) is 81.3 cm³/mol. The van der Waals surface area contributed by atoms with Crippen molar-refractivity contribution in [3.63, 3.8) is 0 Å². The Morgan fingerprint density at radius 1 is 1.33 bits per heavy atom. The smallest absolute Gasteiger partial charge is 0.326 e. The highest BCUT2D eigenvalue weighted by Crippen LogP contribution is 2.38. The first-order chi connectivity index (χ1) is 9.97. The van der Waals surface area contributed by atoms with E-state index < -0.39 is 12.0 Å². The van der Waals surface area contributed by atoms with E-state index in [0.29, 0.717) is 30.6 Å². The van der Waals surface area contributed by atoms with Gasteiger partial charge in [0, 0.05) is 23.3 Å². The van der Waals surface area contributed by atoms with Gasteiger partial charge in [-0.3, -0.25) is 4.79 Å². The number of piperidine rings is 1. The van der Waals surface area contributed by atoms with Gasteiger partial charge in [0.2, 0.25) is 0 Å². The summed E-state index contributed by atoms with van der Waals surface area (Å²) in [6, 6.07) is 1.49. The largest absolute Gasteiger partial charge is 0.480 e. The van der Waals surface area contributed by atoms with Gasteiger partial charge in [0.1, 0.15) is 11.7 Å². The van der Waals surface area contributed by atoms with Gasteiger partial charge >= 0.3 is 5.97 Å². The second kappa shape index (κ2) is 5.48. The van der Waals surface area contributed by atoms with Crippen LogP contribution in [0.5, 0.6) is 0 Å². The summed E-state index contributed by atoms with van der Waals surface area (Å²) in [7, 11) is 0. The van der Waals surface area contributed by atoms with E-state index in [-0.39, 0.29) is 5.91 Å². The third-order valence-corrected chi connectivity index (χ3v) is 4.82. The van der Waals surface area contributed by atoms with Crippen molar-refractivity contribution in [2.45, 2.75) is 44.7 Å². The van der Waals surface area contributed by atoms with Crippen LogP contribution in [-0.4, -0.2) is 39.0 Å². The number of likely N-dealkylation sites (tertiary alicyclic amines) is 1. The van der Waals surface area contributed by atoms with Gasteiger partial charge in [-0.1, -0.05) is 6.92 Å². The molecule has 1 N–H and O–H groups in total. The van der Waals surface area contributed by atoms with Gasteiger partial charge < -0.3 is 14.6 Å². The molecule has 1 saturated heterocycles. The number of rotatable bonds is 3. The monoisotopic (exact) mass is 354 g/mol. The fraction of sp³-hybridized carbons (Fsp3) is 0.600. The number of hydrogen-bond donors (Lipinski definition) is 1. The number of hydrogen-bond acceptors (Lipinski definition) is 2. The molecule has 1 aliphatic carbocycles. The molecular weight excluding hydrogens is 336 g/mol. The summed E-state index contributed by atoms with van der Waals surface area (Å²) in [6.45, 7) is 2.56. The molecule has 1 aromatic rings. The second-order valence-electron chi connectivity index (χ2n) is 6.16. The Kier molecular flexibility index (Phi) is 3.82. The summed E-state index contributed by atoms with van der Waals surface area (Å²) >= 11 is 3.42. The zero-order valence-electron chi connectivity index (χ0n) is 12.0. The molecule has 114 valence electrons. The number of carbonyl (C=O) groups is 2. The van der Waals surface area contributed by atoms with Crippen LogP contribution in [0.4, 0.5) is 0 Å². The number of amides is 1. The van der Waals surface area contributed by atoms with Crippen molar-refractivity contribution < 1.29 is 14.7 Å². The number of carboxylic acids is 1. The summed E-state index contributed by atoms with van der Waals surface area (Å²) in [6.07, 6.45) is 5.49. The summed E-state index contributed by atoms with van der Waals surface area (Å²) < 4.78 is 2.86. The average Bonchev–Trinajstić information content (AvgIpc) is 3.20. The molecule has 3 rings (SSSR count). The van der Waals surface area contributed by atoms with Crippen molar-refractivity contribution in [3.8, 4) is 0 Å². The third-order valence-electron chi connectivity index (χ3n) is 4.39. The van der Waals surface area contributed by atoms with Gasteiger partial charge in [-0.05, 0) is 53.6 Å². The standard InChI is InChI=1S/C15H19BrN2O3/c1-9-4-5-17(13(6-9)15(20)21)14(19)12-7-10(16)8-18(12)11-2-3-11/h7-9,11,13H,2-6H2,1H3,(H,20,21). The van der Waals surface area contributed by atoms with Crippen molar-refractivity contribution in [3.05, 3.63) is 22.4 Å². The van der Waals surface area contributed by atoms with Gasteiger partial charge in [-0.15, -0.1) is 0 Å². The minimum Gasteiger partial charge on any atom is -0.480 e. The topological polar surface area (TPSA) is 62.5 Å². The van der Waals surface area contributed by atoms with Gasteiger partial charge in [-0.25, -0.2) is 4.79 Å². The van der Waals surface area contributed by atoms with E-state index >= 15 is 0 Å². The van der Waals surface area contributed by atoms with E-state index in [0.717, 1.165) is 23.7 Å². The Hall–Kier alpha value is -1.30. The fourth-order valence-corrected chi connectivity index (χ4v) is 3.48. The molecule has 0 spiro atoms. The van der Waals surface area contributed by atoms with Gasteiger partial charge in [-0.2, -0.15) is 0 Å². The molecule has 1 saturated carbocycles. The number of halogens is 1. The molecule has 1 aliphatic heterocycles. The lowest BCUT2D eigenvalue weighted by molar-refractivity contribution is -0.144. The lowest BCUT2D eigenvalue weighted by Gasteiger charge is -2.36. The summed E-state index contributed by atoms with van der Waals surface area (Å²) in [5.74, 6) is -0.720. The maximum Gasteiger partial charge on any atom is 0.326 e. The normalized spacial score (nSPS) is 25.9. The fourth-order valence-electron chi connectivity index (χ4n) is 3.04. The minimum atomic E-state index is -0.904. The molecule has 6 heteroatoms. The van der Waals surface area contributed by atoms with Crippen molar-refractivity contribution in [1.29, 1.82) is 0 Å². The molecule has 1 amide bonds. The molecule has 0 aromatic carbocycles. The predicted octanol–water partition coefficient (Wildman–Crippen LogP) is 2.91.